The molecule has 1 saturated heterocycles. The number of ether oxygens (including phenoxy) is 2. The lowest BCUT2D eigenvalue weighted by Gasteiger charge is -2.31. The van der Waals surface area contributed by atoms with Gasteiger partial charge in [-0.25, -0.2) is 17.1 Å². The predicted octanol–water partition coefficient (Wildman–Crippen LogP) is 2.61. The molecule has 3 rings (SSSR count). The van der Waals surface area contributed by atoms with Gasteiger partial charge in [-0.2, -0.15) is 0 Å². The van der Waals surface area contributed by atoms with Gasteiger partial charge in [0.05, 0.1) is 24.7 Å². The Morgan fingerprint density at radius 3 is 2.59 bits per heavy atom. The molecule has 1 aromatic carbocycles. The average molecular weight is 394 g/mol. The molecule has 146 valence electrons. The zero-order chi connectivity index (χ0) is 19.1. The van der Waals surface area contributed by atoms with E-state index in [4.69, 9.17) is 9.47 Å². The van der Waals surface area contributed by atoms with Crippen LogP contribution in [-0.2, 0) is 20.5 Å². The first kappa shape index (κ1) is 19.7. The topological polar surface area (TPSA) is 68.7 Å². The number of hydrogen-bond acceptors (Lipinski definition) is 5. The molecule has 2 heterocycles. The highest BCUT2D eigenvalue weighted by atomic mass is 32.2. The number of rotatable bonds is 8. The van der Waals surface area contributed by atoms with Gasteiger partial charge in [-0.15, -0.1) is 0 Å². The maximum absolute atomic E-state index is 13.7. The third-order valence-electron chi connectivity index (χ3n) is 4.43. The minimum atomic E-state index is -3.54. The number of benzene rings is 1. The van der Waals surface area contributed by atoms with E-state index < -0.39 is 15.8 Å². The summed E-state index contributed by atoms with van der Waals surface area (Å²) >= 11 is 0. The van der Waals surface area contributed by atoms with Gasteiger partial charge in [0.1, 0.15) is 18.2 Å². The molecule has 6 nitrogen and oxygen atoms in total. The minimum absolute atomic E-state index is 0.00223. The summed E-state index contributed by atoms with van der Waals surface area (Å²) in [7, 11) is -3.54. The van der Waals surface area contributed by atoms with Crippen molar-refractivity contribution in [1.29, 1.82) is 0 Å². The monoisotopic (exact) mass is 394 g/mol. The molecule has 0 spiro atoms. The lowest BCUT2D eigenvalue weighted by atomic mass is 10.1. The molecule has 0 saturated carbocycles. The lowest BCUT2D eigenvalue weighted by molar-refractivity contribution is 0.00695. The van der Waals surface area contributed by atoms with E-state index in [9.17, 15) is 12.8 Å². The molecule has 2 aromatic rings. The highest BCUT2D eigenvalue weighted by Crippen LogP contribution is 2.20. The molecule has 0 aliphatic carbocycles. The van der Waals surface area contributed by atoms with Crippen LogP contribution in [0.15, 0.2) is 48.8 Å². The van der Waals surface area contributed by atoms with Crippen LogP contribution < -0.4 is 4.74 Å². The van der Waals surface area contributed by atoms with E-state index in [1.165, 1.54) is 16.4 Å². The zero-order valence-electron chi connectivity index (χ0n) is 15.0. The SMILES string of the molecule is O=S(=O)(Cc1ccccc1F)N1CCC(OCCOc2cccnc2)CC1. The van der Waals surface area contributed by atoms with Gasteiger partial charge < -0.3 is 9.47 Å². The maximum Gasteiger partial charge on any atom is 0.218 e. The summed E-state index contributed by atoms with van der Waals surface area (Å²) in [5.41, 5.74) is 0.198. The number of piperidine rings is 1. The zero-order valence-corrected chi connectivity index (χ0v) is 15.8. The number of pyridine rings is 1. The van der Waals surface area contributed by atoms with Gasteiger partial charge in [0.2, 0.25) is 10.0 Å². The molecular weight excluding hydrogens is 371 g/mol. The van der Waals surface area contributed by atoms with Crippen LogP contribution in [0.4, 0.5) is 4.39 Å². The van der Waals surface area contributed by atoms with Crippen molar-refractivity contribution >= 4 is 10.0 Å². The summed E-state index contributed by atoms with van der Waals surface area (Å²) in [6, 6.07) is 9.59. The second-order valence-corrected chi connectivity index (χ2v) is 8.32. The van der Waals surface area contributed by atoms with Crippen LogP contribution in [0.3, 0.4) is 0 Å². The highest BCUT2D eigenvalue weighted by molar-refractivity contribution is 7.88. The van der Waals surface area contributed by atoms with Crippen molar-refractivity contribution in [2.24, 2.45) is 0 Å². The van der Waals surface area contributed by atoms with Gasteiger partial charge >= 0.3 is 0 Å². The fourth-order valence-electron chi connectivity index (χ4n) is 2.99. The second-order valence-electron chi connectivity index (χ2n) is 6.35. The first-order valence-electron chi connectivity index (χ1n) is 8.90. The van der Waals surface area contributed by atoms with Crippen LogP contribution in [-0.4, -0.2) is 50.1 Å². The van der Waals surface area contributed by atoms with Gasteiger partial charge in [-0.1, -0.05) is 18.2 Å². The van der Waals surface area contributed by atoms with Gasteiger partial charge in [0.15, 0.2) is 0 Å². The van der Waals surface area contributed by atoms with E-state index in [1.807, 2.05) is 6.07 Å². The third-order valence-corrected chi connectivity index (χ3v) is 6.26. The Morgan fingerprint density at radius 2 is 1.89 bits per heavy atom. The number of halogens is 1. The summed E-state index contributed by atoms with van der Waals surface area (Å²) in [5.74, 6) is -0.118. The van der Waals surface area contributed by atoms with Crippen molar-refractivity contribution in [2.45, 2.75) is 24.7 Å². The molecule has 1 fully saturated rings. The van der Waals surface area contributed by atoms with Crippen LogP contribution in [0, 0.1) is 5.82 Å². The first-order chi connectivity index (χ1) is 13.0. The van der Waals surface area contributed by atoms with Crippen molar-refractivity contribution in [2.75, 3.05) is 26.3 Å². The Balaban J connectivity index is 1.41. The molecule has 0 atom stereocenters. The van der Waals surface area contributed by atoms with E-state index in [-0.39, 0.29) is 17.4 Å². The Hall–Kier alpha value is -2.03. The number of hydrogen-bond donors (Lipinski definition) is 0. The van der Waals surface area contributed by atoms with Crippen molar-refractivity contribution in [1.82, 2.24) is 9.29 Å². The van der Waals surface area contributed by atoms with Crippen LogP contribution >= 0.6 is 0 Å². The molecule has 1 aliphatic heterocycles. The largest absolute Gasteiger partial charge is 0.490 e. The Kier molecular flexibility index (Phi) is 6.76. The van der Waals surface area contributed by atoms with Crippen molar-refractivity contribution < 1.29 is 22.3 Å². The van der Waals surface area contributed by atoms with Crippen molar-refractivity contribution in [3.63, 3.8) is 0 Å². The normalized spacial score (nSPS) is 16.3. The molecule has 0 amide bonds. The fourth-order valence-corrected chi connectivity index (χ4v) is 4.56. The van der Waals surface area contributed by atoms with Gasteiger partial charge in [0, 0.05) is 24.8 Å². The van der Waals surface area contributed by atoms with E-state index in [2.05, 4.69) is 4.98 Å². The predicted molar refractivity (Wildman–Crippen MR) is 99.3 cm³/mol. The average Bonchev–Trinajstić information content (AvgIpc) is 2.68. The van der Waals surface area contributed by atoms with Gasteiger partial charge in [-0.3, -0.25) is 4.98 Å². The van der Waals surface area contributed by atoms with Crippen LogP contribution in [0.25, 0.3) is 0 Å². The Labute approximate surface area is 159 Å². The fraction of sp³-hybridized carbons (Fsp3) is 0.421. The van der Waals surface area contributed by atoms with E-state index in [0.29, 0.717) is 44.9 Å². The smallest absolute Gasteiger partial charge is 0.218 e. The molecule has 0 N–H and O–H groups in total. The summed E-state index contributed by atoms with van der Waals surface area (Å²) in [6.07, 6.45) is 4.55. The molecule has 1 aliphatic rings. The summed E-state index contributed by atoms with van der Waals surface area (Å²) in [6.45, 7) is 1.61. The minimum Gasteiger partial charge on any atom is -0.490 e. The van der Waals surface area contributed by atoms with Crippen LogP contribution in [0.2, 0.25) is 0 Å². The summed E-state index contributed by atoms with van der Waals surface area (Å²) in [5, 5.41) is 0. The van der Waals surface area contributed by atoms with Crippen molar-refractivity contribution in [3.05, 3.63) is 60.2 Å². The van der Waals surface area contributed by atoms with E-state index >= 15 is 0 Å². The van der Waals surface area contributed by atoms with Crippen molar-refractivity contribution in [3.8, 4) is 5.75 Å². The maximum atomic E-state index is 13.7. The van der Waals surface area contributed by atoms with Gasteiger partial charge in [-0.05, 0) is 31.0 Å². The number of nitrogens with zero attached hydrogens (tertiary/aromatic N) is 2. The first-order valence-corrected chi connectivity index (χ1v) is 10.5. The molecule has 1 aromatic heterocycles. The Bertz CT molecular complexity index is 825. The lowest BCUT2D eigenvalue weighted by Crippen LogP contribution is -2.41. The molecule has 27 heavy (non-hydrogen) atoms. The van der Waals surface area contributed by atoms with Crippen LogP contribution in [0.1, 0.15) is 18.4 Å². The summed E-state index contributed by atoms with van der Waals surface area (Å²) < 4.78 is 51.5. The highest BCUT2D eigenvalue weighted by Gasteiger charge is 2.29. The standard InChI is InChI=1S/C19H23FN2O4S/c20-19-6-2-1-4-16(19)15-27(23,24)22-10-7-17(8-11-22)25-12-13-26-18-5-3-9-21-14-18/h1-6,9,14,17H,7-8,10-13,15H2. The van der Waals surface area contributed by atoms with E-state index in [1.54, 1.807) is 30.6 Å². The number of aromatic nitrogens is 1. The molecule has 0 bridgehead atoms. The van der Waals surface area contributed by atoms with Gasteiger partial charge in [0.25, 0.3) is 0 Å². The third kappa shape index (κ3) is 5.72. The summed E-state index contributed by atoms with van der Waals surface area (Å²) in [4.78, 5) is 3.97. The van der Waals surface area contributed by atoms with Crippen LogP contribution in [0.5, 0.6) is 5.75 Å². The second kappa shape index (κ2) is 9.25. The molecule has 0 radical (unpaired) electrons. The Morgan fingerprint density at radius 1 is 1.11 bits per heavy atom. The quantitative estimate of drug-likeness (QED) is 0.644. The number of sulfonamides is 1. The molecular formula is C19H23FN2O4S. The molecule has 0 unspecified atom stereocenters. The van der Waals surface area contributed by atoms with E-state index in [0.717, 1.165) is 0 Å². The molecule has 8 heteroatoms.